The average Bonchev–Trinajstić information content (AvgIpc) is 2.99. The van der Waals surface area contributed by atoms with Gasteiger partial charge in [0, 0.05) is 25.0 Å². The maximum absolute atomic E-state index is 12.6. The van der Waals surface area contributed by atoms with Gasteiger partial charge in [0.25, 0.3) is 10.0 Å². The molecule has 0 unspecified atom stereocenters. The molecule has 1 N–H and O–H groups in total. The molecule has 1 saturated heterocycles. The number of nitrogens with one attached hydrogen (secondary N) is 1. The smallest absolute Gasteiger partial charge is 0.252 e. The summed E-state index contributed by atoms with van der Waals surface area (Å²) in [6.45, 7) is 4.92. The highest BCUT2D eigenvalue weighted by Crippen LogP contribution is 2.30. The Morgan fingerprint density at radius 3 is 2.43 bits per heavy atom. The summed E-state index contributed by atoms with van der Waals surface area (Å²) in [5, 5.41) is 3.06. The molecule has 0 saturated carbocycles. The van der Waals surface area contributed by atoms with Crippen molar-refractivity contribution in [2.75, 3.05) is 13.1 Å². The summed E-state index contributed by atoms with van der Waals surface area (Å²) in [6.07, 6.45) is 3.00. The van der Waals surface area contributed by atoms with Crippen LogP contribution >= 0.6 is 27.3 Å². The zero-order chi connectivity index (χ0) is 17.0. The second kappa shape index (κ2) is 8.09. The lowest BCUT2D eigenvalue weighted by molar-refractivity contribution is -0.126. The van der Waals surface area contributed by atoms with Crippen molar-refractivity contribution in [2.45, 2.75) is 49.8 Å². The van der Waals surface area contributed by atoms with Crippen LogP contribution in [0, 0.1) is 5.92 Å². The Labute approximate surface area is 150 Å². The van der Waals surface area contributed by atoms with Crippen molar-refractivity contribution in [1.29, 1.82) is 0 Å². The number of rotatable bonds is 6. The molecule has 5 nitrogen and oxygen atoms in total. The Balaban J connectivity index is 1.94. The van der Waals surface area contributed by atoms with Crippen molar-refractivity contribution < 1.29 is 13.2 Å². The first-order chi connectivity index (χ1) is 10.9. The van der Waals surface area contributed by atoms with Crippen LogP contribution in [0.2, 0.25) is 0 Å². The molecule has 1 fully saturated rings. The number of piperidine rings is 1. The minimum atomic E-state index is -3.43. The summed E-state index contributed by atoms with van der Waals surface area (Å²) in [5.74, 6) is -0.0215. The van der Waals surface area contributed by atoms with E-state index in [1.807, 2.05) is 0 Å². The van der Waals surface area contributed by atoms with Gasteiger partial charge in [-0.05, 0) is 53.7 Å². The number of hydrogen-bond acceptors (Lipinski definition) is 4. The van der Waals surface area contributed by atoms with E-state index in [0.29, 0.717) is 30.1 Å². The minimum Gasteiger partial charge on any atom is -0.353 e. The molecule has 1 amide bonds. The summed E-state index contributed by atoms with van der Waals surface area (Å²) in [7, 11) is -3.43. The molecule has 23 heavy (non-hydrogen) atoms. The Kier molecular flexibility index (Phi) is 6.65. The number of halogens is 1. The second-order valence-electron chi connectivity index (χ2n) is 5.76. The molecule has 0 spiro atoms. The molecule has 0 aromatic carbocycles. The van der Waals surface area contributed by atoms with E-state index in [1.165, 1.54) is 15.6 Å². The van der Waals surface area contributed by atoms with E-state index in [2.05, 4.69) is 35.1 Å². The maximum atomic E-state index is 12.6. The Hall–Kier alpha value is -0.440. The Morgan fingerprint density at radius 1 is 1.35 bits per heavy atom. The standard InChI is InChI=1S/C15H23BrN2O3S2/c1-3-12(4-2)17-15(19)11-7-9-18(10-8-11)23(20,21)14-6-5-13(16)22-14/h5-6,11-12H,3-4,7-10H2,1-2H3,(H,17,19). The number of thiophene rings is 1. The van der Waals surface area contributed by atoms with Crippen molar-refractivity contribution in [3.8, 4) is 0 Å². The van der Waals surface area contributed by atoms with Crippen LogP contribution in [0.1, 0.15) is 39.5 Å². The van der Waals surface area contributed by atoms with Gasteiger partial charge in [-0.15, -0.1) is 11.3 Å². The normalized spacial score (nSPS) is 17.6. The van der Waals surface area contributed by atoms with Gasteiger partial charge >= 0.3 is 0 Å². The molecule has 0 atom stereocenters. The zero-order valence-electron chi connectivity index (χ0n) is 13.4. The molecule has 0 radical (unpaired) electrons. The summed E-state index contributed by atoms with van der Waals surface area (Å²) < 4.78 is 27.8. The number of amides is 1. The predicted octanol–water partition coefficient (Wildman–Crippen LogP) is 3.22. The van der Waals surface area contributed by atoms with Gasteiger partial charge in [-0.25, -0.2) is 8.42 Å². The van der Waals surface area contributed by atoms with E-state index in [1.54, 1.807) is 12.1 Å². The number of carbonyl (C=O) groups is 1. The number of sulfonamides is 1. The Morgan fingerprint density at radius 2 is 1.96 bits per heavy atom. The first kappa shape index (κ1) is 18.9. The molecule has 130 valence electrons. The lowest BCUT2D eigenvalue weighted by Gasteiger charge is -2.31. The fourth-order valence-corrected chi connectivity index (χ4v) is 6.37. The third-order valence-electron chi connectivity index (χ3n) is 4.30. The number of carbonyl (C=O) groups excluding carboxylic acids is 1. The summed E-state index contributed by atoms with van der Waals surface area (Å²) in [5.41, 5.74) is 0. The highest BCUT2D eigenvalue weighted by atomic mass is 79.9. The largest absolute Gasteiger partial charge is 0.353 e. The molecule has 2 heterocycles. The summed E-state index contributed by atoms with van der Waals surface area (Å²) >= 11 is 4.51. The fraction of sp³-hybridized carbons (Fsp3) is 0.667. The van der Waals surface area contributed by atoms with Crippen LogP contribution in [0.4, 0.5) is 0 Å². The van der Waals surface area contributed by atoms with Crippen LogP contribution < -0.4 is 5.32 Å². The van der Waals surface area contributed by atoms with Crippen molar-refractivity contribution in [1.82, 2.24) is 9.62 Å². The Bertz CT molecular complexity index is 633. The van der Waals surface area contributed by atoms with Gasteiger partial charge in [0.05, 0.1) is 3.79 Å². The molecule has 8 heteroatoms. The molecule has 1 aromatic heterocycles. The van der Waals surface area contributed by atoms with E-state index in [0.717, 1.165) is 16.6 Å². The average molecular weight is 423 g/mol. The third-order valence-corrected chi connectivity index (χ3v) is 8.29. The highest BCUT2D eigenvalue weighted by Gasteiger charge is 2.33. The van der Waals surface area contributed by atoms with Crippen LogP contribution in [-0.2, 0) is 14.8 Å². The molecule has 0 aliphatic carbocycles. The lowest BCUT2D eigenvalue weighted by Crippen LogP contribution is -2.45. The van der Waals surface area contributed by atoms with Crippen molar-refractivity contribution in [3.05, 3.63) is 15.9 Å². The summed E-state index contributed by atoms with van der Waals surface area (Å²) in [4.78, 5) is 12.3. The first-order valence-corrected chi connectivity index (χ1v) is 11.0. The van der Waals surface area contributed by atoms with Crippen LogP contribution in [-0.4, -0.2) is 37.8 Å². The predicted molar refractivity (Wildman–Crippen MR) is 96.0 cm³/mol. The van der Waals surface area contributed by atoms with Gasteiger partial charge in [0.2, 0.25) is 5.91 Å². The van der Waals surface area contributed by atoms with Gasteiger partial charge in [-0.2, -0.15) is 4.31 Å². The topological polar surface area (TPSA) is 66.5 Å². The molecule has 2 rings (SSSR count). The first-order valence-electron chi connectivity index (χ1n) is 7.94. The van der Waals surface area contributed by atoms with Gasteiger partial charge in [-0.1, -0.05) is 13.8 Å². The van der Waals surface area contributed by atoms with E-state index in [-0.39, 0.29) is 17.9 Å². The second-order valence-corrected chi connectivity index (χ2v) is 10.4. The molecule has 1 aliphatic heterocycles. The van der Waals surface area contributed by atoms with Gasteiger partial charge in [0.1, 0.15) is 4.21 Å². The molecular weight excluding hydrogens is 400 g/mol. The minimum absolute atomic E-state index is 0.0645. The van der Waals surface area contributed by atoms with Gasteiger partial charge < -0.3 is 5.32 Å². The van der Waals surface area contributed by atoms with Crippen LogP contribution in [0.5, 0.6) is 0 Å². The van der Waals surface area contributed by atoms with Crippen molar-refractivity contribution in [3.63, 3.8) is 0 Å². The monoisotopic (exact) mass is 422 g/mol. The number of hydrogen-bond donors (Lipinski definition) is 1. The molecule has 1 aromatic rings. The maximum Gasteiger partial charge on any atom is 0.252 e. The number of nitrogens with zero attached hydrogens (tertiary/aromatic N) is 1. The van der Waals surface area contributed by atoms with Crippen molar-refractivity contribution >= 4 is 43.2 Å². The van der Waals surface area contributed by atoms with Crippen LogP contribution in [0.15, 0.2) is 20.1 Å². The van der Waals surface area contributed by atoms with Crippen molar-refractivity contribution in [2.24, 2.45) is 5.92 Å². The van der Waals surface area contributed by atoms with Gasteiger partial charge in [0.15, 0.2) is 0 Å². The van der Waals surface area contributed by atoms with Crippen LogP contribution in [0.3, 0.4) is 0 Å². The SMILES string of the molecule is CCC(CC)NC(=O)C1CCN(S(=O)(=O)c2ccc(Br)s2)CC1. The molecule has 0 bridgehead atoms. The fourth-order valence-electron chi connectivity index (χ4n) is 2.73. The quantitative estimate of drug-likeness (QED) is 0.764. The third kappa shape index (κ3) is 4.55. The lowest BCUT2D eigenvalue weighted by atomic mass is 9.96. The zero-order valence-corrected chi connectivity index (χ0v) is 16.6. The van der Waals surface area contributed by atoms with E-state index < -0.39 is 10.0 Å². The molecule has 1 aliphatic rings. The molecular formula is C15H23BrN2O3S2. The summed E-state index contributed by atoms with van der Waals surface area (Å²) in [6, 6.07) is 3.58. The highest BCUT2D eigenvalue weighted by molar-refractivity contribution is 9.11. The van der Waals surface area contributed by atoms with E-state index in [9.17, 15) is 13.2 Å². The van der Waals surface area contributed by atoms with E-state index in [4.69, 9.17) is 0 Å². The van der Waals surface area contributed by atoms with Gasteiger partial charge in [-0.3, -0.25) is 4.79 Å². The van der Waals surface area contributed by atoms with E-state index >= 15 is 0 Å². The van der Waals surface area contributed by atoms with Crippen LogP contribution in [0.25, 0.3) is 0 Å².